The monoisotopic (exact) mass is 267 g/mol. The van der Waals surface area contributed by atoms with Gasteiger partial charge >= 0.3 is 0 Å². The Bertz CT molecular complexity index is 365. The van der Waals surface area contributed by atoms with E-state index < -0.39 is 0 Å². The highest BCUT2D eigenvalue weighted by Crippen LogP contribution is 2.15. The van der Waals surface area contributed by atoms with Crippen LogP contribution in [0.1, 0.15) is 25.8 Å². The number of hydrogen-bond donors (Lipinski definition) is 2. The molecule has 100 valence electrons. The second-order valence-electron chi connectivity index (χ2n) is 4.13. The van der Waals surface area contributed by atoms with Gasteiger partial charge in [0.15, 0.2) is 0 Å². The predicted molar refractivity (Wildman–Crippen MR) is 78.1 cm³/mol. The summed E-state index contributed by atoms with van der Waals surface area (Å²) in [4.78, 5) is 11.9. The molecule has 1 rings (SSSR count). The highest BCUT2D eigenvalue weighted by atomic mass is 32.2. The van der Waals surface area contributed by atoms with E-state index in [-0.39, 0.29) is 17.8 Å². The minimum Gasteiger partial charge on any atom is -0.396 e. The Morgan fingerprint density at radius 3 is 2.61 bits per heavy atom. The van der Waals surface area contributed by atoms with Crippen molar-refractivity contribution in [1.29, 1.82) is 0 Å². The Morgan fingerprint density at radius 2 is 2.06 bits per heavy atom. The van der Waals surface area contributed by atoms with Crippen LogP contribution in [0.4, 0.5) is 5.69 Å². The molecule has 0 bridgehead atoms. The first-order valence-electron chi connectivity index (χ1n) is 6.29. The maximum Gasteiger partial charge on any atom is 0.237 e. The normalized spacial score (nSPS) is 12.2. The molecule has 2 N–H and O–H groups in total. The van der Waals surface area contributed by atoms with Gasteiger partial charge in [-0.1, -0.05) is 19.1 Å². The summed E-state index contributed by atoms with van der Waals surface area (Å²) in [7, 11) is 0. The number of rotatable bonds is 7. The zero-order valence-electron chi connectivity index (χ0n) is 11.0. The van der Waals surface area contributed by atoms with E-state index in [0.29, 0.717) is 0 Å². The summed E-state index contributed by atoms with van der Waals surface area (Å²) in [5.41, 5.74) is 2.10. The number of amides is 1. The molecule has 1 unspecified atom stereocenters. The van der Waals surface area contributed by atoms with Gasteiger partial charge in [-0.05, 0) is 43.2 Å². The minimum absolute atomic E-state index is 0.0159. The molecule has 0 radical (unpaired) electrons. The molecule has 0 aliphatic rings. The molecule has 0 fully saturated rings. The van der Waals surface area contributed by atoms with Crippen molar-refractivity contribution in [2.24, 2.45) is 0 Å². The van der Waals surface area contributed by atoms with Crippen LogP contribution in [0.3, 0.4) is 0 Å². The summed E-state index contributed by atoms with van der Waals surface area (Å²) in [5, 5.41) is 11.5. The second kappa shape index (κ2) is 8.16. The van der Waals surface area contributed by atoms with Crippen molar-refractivity contribution in [1.82, 2.24) is 0 Å². The predicted octanol–water partition coefficient (Wildman–Crippen LogP) is 2.69. The van der Waals surface area contributed by atoms with Crippen LogP contribution in [0.2, 0.25) is 0 Å². The number of aliphatic hydroxyl groups is 1. The van der Waals surface area contributed by atoms with Crippen LogP contribution in [-0.4, -0.2) is 28.6 Å². The zero-order chi connectivity index (χ0) is 13.4. The molecule has 0 aromatic heterocycles. The molecule has 18 heavy (non-hydrogen) atoms. The van der Waals surface area contributed by atoms with Gasteiger partial charge in [-0.3, -0.25) is 4.79 Å². The number of nitrogens with one attached hydrogen (secondary N) is 1. The lowest BCUT2D eigenvalue weighted by molar-refractivity contribution is -0.115. The summed E-state index contributed by atoms with van der Waals surface area (Å²) < 4.78 is 0. The Kier molecular flexibility index (Phi) is 6.83. The molecular weight excluding hydrogens is 246 g/mol. The first kappa shape index (κ1) is 15.1. The molecule has 1 aromatic carbocycles. The molecule has 0 aliphatic carbocycles. The van der Waals surface area contributed by atoms with Crippen LogP contribution in [0.25, 0.3) is 0 Å². The number of thioether (sulfide) groups is 1. The van der Waals surface area contributed by atoms with Crippen molar-refractivity contribution in [3.8, 4) is 0 Å². The van der Waals surface area contributed by atoms with E-state index in [4.69, 9.17) is 5.11 Å². The topological polar surface area (TPSA) is 49.3 Å². The van der Waals surface area contributed by atoms with E-state index >= 15 is 0 Å². The highest BCUT2D eigenvalue weighted by molar-refractivity contribution is 8.00. The molecule has 0 saturated carbocycles. The summed E-state index contributed by atoms with van der Waals surface area (Å²) in [5.74, 6) is 0.821. The van der Waals surface area contributed by atoms with E-state index in [1.54, 1.807) is 11.8 Å². The van der Waals surface area contributed by atoms with Crippen LogP contribution in [0.15, 0.2) is 24.3 Å². The van der Waals surface area contributed by atoms with Crippen LogP contribution in [-0.2, 0) is 11.2 Å². The molecule has 0 heterocycles. The standard InChI is InChI=1S/C14H21NO2S/c1-3-12-5-7-13(8-6-12)15-14(17)11(2)18-10-4-9-16/h5-8,11,16H,3-4,9-10H2,1-2H3,(H,15,17). The number of carbonyl (C=O) groups excluding carboxylic acids is 1. The van der Waals surface area contributed by atoms with Crippen LogP contribution < -0.4 is 5.32 Å². The number of aryl methyl sites for hydroxylation is 1. The molecular formula is C14H21NO2S. The second-order valence-corrected chi connectivity index (χ2v) is 5.58. The maximum atomic E-state index is 11.9. The fraction of sp³-hybridized carbons (Fsp3) is 0.500. The van der Waals surface area contributed by atoms with Gasteiger partial charge in [-0.15, -0.1) is 11.8 Å². The largest absolute Gasteiger partial charge is 0.396 e. The fourth-order valence-corrected chi connectivity index (χ4v) is 2.33. The van der Waals surface area contributed by atoms with E-state index in [9.17, 15) is 4.79 Å². The lowest BCUT2D eigenvalue weighted by Crippen LogP contribution is -2.22. The zero-order valence-corrected chi connectivity index (χ0v) is 11.8. The van der Waals surface area contributed by atoms with Gasteiger partial charge in [0, 0.05) is 12.3 Å². The van der Waals surface area contributed by atoms with Crippen molar-refractivity contribution in [3.63, 3.8) is 0 Å². The quantitative estimate of drug-likeness (QED) is 0.747. The molecule has 0 spiro atoms. The molecule has 1 atom stereocenters. The SMILES string of the molecule is CCc1ccc(NC(=O)C(C)SCCCO)cc1. The molecule has 0 saturated heterocycles. The lowest BCUT2D eigenvalue weighted by atomic mass is 10.1. The van der Waals surface area contributed by atoms with Gasteiger partial charge in [-0.2, -0.15) is 0 Å². The summed E-state index contributed by atoms with van der Waals surface area (Å²) in [6, 6.07) is 7.92. The number of carbonyl (C=O) groups is 1. The summed E-state index contributed by atoms with van der Waals surface area (Å²) in [6.45, 7) is 4.17. The van der Waals surface area contributed by atoms with Crippen molar-refractivity contribution >= 4 is 23.4 Å². The van der Waals surface area contributed by atoms with Gasteiger partial charge < -0.3 is 10.4 Å². The number of hydrogen-bond acceptors (Lipinski definition) is 3. The van der Waals surface area contributed by atoms with E-state index in [0.717, 1.165) is 24.3 Å². The minimum atomic E-state index is -0.0950. The van der Waals surface area contributed by atoms with E-state index in [1.165, 1.54) is 5.56 Å². The van der Waals surface area contributed by atoms with Crippen molar-refractivity contribution < 1.29 is 9.90 Å². The van der Waals surface area contributed by atoms with E-state index in [2.05, 4.69) is 12.2 Å². The Morgan fingerprint density at radius 1 is 1.39 bits per heavy atom. The number of anilines is 1. The molecule has 1 aromatic rings. The third-order valence-electron chi connectivity index (χ3n) is 2.67. The highest BCUT2D eigenvalue weighted by Gasteiger charge is 2.12. The molecule has 0 aliphatic heterocycles. The van der Waals surface area contributed by atoms with Gasteiger partial charge in [0.2, 0.25) is 5.91 Å². The maximum absolute atomic E-state index is 11.9. The number of benzene rings is 1. The third-order valence-corrected chi connectivity index (χ3v) is 3.91. The van der Waals surface area contributed by atoms with Crippen LogP contribution in [0.5, 0.6) is 0 Å². The average molecular weight is 267 g/mol. The first-order valence-corrected chi connectivity index (χ1v) is 7.34. The van der Waals surface area contributed by atoms with Gasteiger partial charge in [0.05, 0.1) is 5.25 Å². The summed E-state index contributed by atoms with van der Waals surface area (Å²) >= 11 is 1.56. The van der Waals surface area contributed by atoms with Gasteiger partial charge in [-0.25, -0.2) is 0 Å². The third kappa shape index (κ3) is 5.10. The Balaban J connectivity index is 2.42. The number of aliphatic hydroxyl groups excluding tert-OH is 1. The van der Waals surface area contributed by atoms with Crippen molar-refractivity contribution in [2.75, 3.05) is 17.7 Å². The van der Waals surface area contributed by atoms with Crippen LogP contribution >= 0.6 is 11.8 Å². The Labute approximate surface area is 113 Å². The van der Waals surface area contributed by atoms with Crippen molar-refractivity contribution in [2.45, 2.75) is 31.9 Å². The fourth-order valence-electron chi connectivity index (χ4n) is 1.47. The summed E-state index contributed by atoms with van der Waals surface area (Å²) in [6.07, 6.45) is 1.73. The lowest BCUT2D eigenvalue weighted by Gasteiger charge is -2.11. The first-order chi connectivity index (χ1) is 8.67. The molecule has 3 nitrogen and oxygen atoms in total. The molecule has 1 amide bonds. The van der Waals surface area contributed by atoms with Crippen LogP contribution in [0, 0.1) is 0 Å². The smallest absolute Gasteiger partial charge is 0.237 e. The van der Waals surface area contributed by atoms with E-state index in [1.807, 2.05) is 31.2 Å². The average Bonchev–Trinajstić information content (AvgIpc) is 2.39. The Hall–Kier alpha value is -1.00. The molecule has 4 heteroatoms. The van der Waals surface area contributed by atoms with Gasteiger partial charge in [0.25, 0.3) is 0 Å². The van der Waals surface area contributed by atoms with Crippen molar-refractivity contribution in [3.05, 3.63) is 29.8 Å². The van der Waals surface area contributed by atoms with Gasteiger partial charge in [0.1, 0.15) is 0 Å².